The average Bonchev–Trinajstić information content (AvgIpc) is 2.68. The summed E-state index contributed by atoms with van der Waals surface area (Å²) < 4.78 is 1.16. The van der Waals surface area contributed by atoms with Gasteiger partial charge in [0.1, 0.15) is 0 Å². The third kappa shape index (κ3) is 2.23. The van der Waals surface area contributed by atoms with Crippen LogP contribution < -0.4 is 16.6 Å². The van der Waals surface area contributed by atoms with E-state index in [-0.39, 0.29) is 5.11 Å². The maximum Gasteiger partial charge on any atom is 0.202 e. The highest BCUT2D eigenvalue weighted by atomic mass is 32.1. The summed E-state index contributed by atoms with van der Waals surface area (Å²) in [6.45, 7) is 2.12. The van der Waals surface area contributed by atoms with Gasteiger partial charge < -0.3 is 5.73 Å². The summed E-state index contributed by atoms with van der Waals surface area (Å²) in [5.41, 5.74) is 13.2. The van der Waals surface area contributed by atoms with Gasteiger partial charge in [-0.05, 0) is 30.3 Å². The largest absolute Gasteiger partial charge is 0.375 e. The molecule has 0 atom stereocenters. The molecule has 0 amide bonds. The molecule has 1 heterocycles. The van der Waals surface area contributed by atoms with E-state index in [1.54, 1.807) is 11.3 Å². The van der Waals surface area contributed by atoms with E-state index in [2.05, 4.69) is 34.9 Å². The zero-order valence-corrected chi connectivity index (χ0v) is 10.4. The van der Waals surface area contributed by atoms with Crippen LogP contribution in [0.3, 0.4) is 0 Å². The summed E-state index contributed by atoms with van der Waals surface area (Å²) in [5.74, 6) is 0. The second-order valence-electron chi connectivity index (χ2n) is 3.25. The van der Waals surface area contributed by atoms with Gasteiger partial charge in [0.25, 0.3) is 0 Å². The second kappa shape index (κ2) is 4.63. The van der Waals surface area contributed by atoms with E-state index in [0.717, 1.165) is 21.8 Å². The maximum absolute atomic E-state index is 5.33. The predicted molar refractivity (Wildman–Crippen MR) is 72.5 cm³/mol. The Bertz CT molecular complexity index is 521. The minimum absolute atomic E-state index is 0.204. The predicted octanol–water partition coefficient (Wildman–Crippen LogP) is 2.02. The second-order valence-corrected chi connectivity index (χ2v) is 4.72. The van der Waals surface area contributed by atoms with Crippen molar-refractivity contribution < 1.29 is 0 Å². The molecule has 0 aliphatic rings. The van der Waals surface area contributed by atoms with E-state index >= 15 is 0 Å². The Hall–Kier alpha value is -1.40. The fourth-order valence-corrected chi connectivity index (χ4v) is 2.38. The van der Waals surface area contributed by atoms with Crippen LogP contribution in [0.25, 0.3) is 10.2 Å². The Labute approximate surface area is 103 Å². The monoisotopic (exact) mass is 252 g/mol. The number of para-hydroxylation sites is 1. The Balaban J connectivity index is 2.32. The number of thiocarbonyl (C=S) groups is 1. The lowest BCUT2D eigenvalue weighted by molar-refractivity contribution is 1.11. The van der Waals surface area contributed by atoms with Gasteiger partial charge in [-0.2, -0.15) is 0 Å². The van der Waals surface area contributed by atoms with E-state index in [0.29, 0.717) is 0 Å². The van der Waals surface area contributed by atoms with Crippen LogP contribution >= 0.6 is 23.6 Å². The summed E-state index contributed by atoms with van der Waals surface area (Å²) >= 11 is 6.27. The lowest BCUT2D eigenvalue weighted by atomic mass is 10.1. The van der Waals surface area contributed by atoms with Gasteiger partial charge in [0.2, 0.25) is 5.13 Å². The number of fused-ring (bicyclic) bond motifs is 1. The number of nitrogens with two attached hydrogens (primary N) is 1. The van der Waals surface area contributed by atoms with Gasteiger partial charge in [0.05, 0.1) is 10.2 Å². The molecule has 0 unspecified atom stereocenters. The van der Waals surface area contributed by atoms with Gasteiger partial charge in [-0.15, -0.1) is 0 Å². The number of thiazole rings is 1. The molecule has 2 rings (SSSR count). The molecule has 2 aromatic rings. The quantitative estimate of drug-likeness (QED) is 0.576. The minimum Gasteiger partial charge on any atom is -0.375 e. The molecule has 0 saturated heterocycles. The fraction of sp³-hybridized carbons (Fsp3) is 0.200. The number of rotatable bonds is 3. The van der Waals surface area contributed by atoms with Crippen LogP contribution in [0.2, 0.25) is 0 Å². The molecular formula is C10H12N4S2. The molecule has 0 bridgehead atoms. The van der Waals surface area contributed by atoms with Gasteiger partial charge in [-0.25, -0.2) is 4.98 Å². The van der Waals surface area contributed by atoms with Crippen molar-refractivity contribution in [2.24, 2.45) is 5.73 Å². The molecule has 1 aromatic carbocycles. The first kappa shape index (κ1) is 11.1. The summed E-state index contributed by atoms with van der Waals surface area (Å²) in [5, 5.41) is 0.971. The maximum atomic E-state index is 5.33. The molecular weight excluding hydrogens is 240 g/mol. The number of hydrogen-bond donors (Lipinski definition) is 3. The molecule has 4 nitrogen and oxygen atoms in total. The lowest BCUT2D eigenvalue weighted by Gasteiger charge is -2.02. The van der Waals surface area contributed by atoms with Crippen LogP contribution in [0.5, 0.6) is 0 Å². The van der Waals surface area contributed by atoms with Crippen LogP contribution in [0.1, 0.15) is 12.5 Å². The standard InChI is InChI=1S/C10H12N4S2/c1-2-6-4-3-5-7-8(6)12-10(16-7)14-13-9(11)15/h3-5H,2H2,1H3,(H,12,14)(H3,11,13,15). The van der Waals surface area contributed by atoms with Gasteiger partial charge in [-0.1, -0.05) is 30.4 Å². The number of nitrogens with zero attached hydrogens (tertiary/aromatic N) is 1. The fourth-order valence-electron chi connectivity index (χ4n) is 1.46. The lowest BCUT2D eigenvalue weighted by Crippen LogP contribution is -2.33. The number of benzene rings is 1. The van der Waals surface area contributed by atoms with Crippen molar-refractivity contribution >= 4 is 44.0 Å². The Morgan fingerprint density at radius 3 is 3.06 bits per heavy atom. The third-order valence-corrected chi connectivity index (χ3v) is 3.21. The van der Waals surface area contributed by atoms with Gasteiger partial charge in [-0.3, -0.25) is 10.9 Å². The van der Waals surface area contributed by atoms with Crippen molar-refractivity contribution in [3.63, 3.8) is 0 Å². The van der Waals surface area contributed by atoms with E-state index in [1.807, 2.05) is 6.07 Å². The molecule has 1 aromatic heterocycles. The summed E-state index contributed by atoms with van der Waals surface area (Å²) in [6, 6.07) is 6.19. The molecule has 0 radical (unpaired) electrons. The van der Waals surface area contributed by atoms with Crippen molar-refractivity contribution in [2.75, 3.05) is 5.43 Å². The molecule has 0 spiro atoms. The topological polar surface area (TPSA) is 63.0 Å². The van der Waals surface area contributed by atoms with E-state index in [9.17, 15) is 0 Å². The smallest absolute Gasteiger partial charge is 0.202 e. The van der Waals surface area contributed by atoms with Crippen LogP contribution in [0.15, 0.2) is 18.2 Å². The highest BCUT2D eigenvalue weighted by Gasteiger charge is 2.06. The zero-order valence-electron chi connectivity index (χ0n) is 8.78. The number of anilines is 1. The number of nitrogens with one attached hydrogen (secondary N) is 2. The first-order valence-corrected chi connectivity index (χ1v) is 6.13. The first-order chi connectivity index (χ1) is 7.70. The van der Waals surface area contributed by atoms with Gasteiger partial charge >= 0.3 is 0 Å². The Morgan fingerprint density at radius 2 is 2.38 bits per heavy atom. The molecule has 0 fully saturated rings. The van der Waals surface area contributed by atoms with E-state index in [4.69, 9.17) is 18.0 Å². The Morgan fingerprint density at radius 1 is 1.56 bits per heavy atom. The van der Waals surface area contributed by atoms with E-state index in [1.165, 1.54) is 5.56 Å². The number of hydrazine groups is 1. The van der Waals surface area contributed by atoms with Crippen LogP contribution in [0, 0.1) is 0 Å². The van der Waals surface area contributed by atoms with Crippen molar-refractivity contribution in [1.82, 2.24) is 10.4 Å². The molecule has 0 saturated carbocycles. The van der Waals surface area contributed by atoms with Crippen LogP contribution in [-0.4, -0.2) is 10.1 Å². The number of aromatic nitrogens is 1. The molecule has 0 aliphatic carbocycles. The average molecular weight is 252 g/mol. The SMILES string of the molecule is CCc1cccc2sc(NNC(N)=S)nc12. The van der Waals surface area contributed by atoms with Crippen LogP contribution in [-0.2, 0) is 6.42 Å². The first-order valence-electron chi connectivity index (χ1n) is 4.90. The van der Waals surface area contributed by atoms with Crippen LogP contribution in [0.4, 0.5) is 5.13 Å². The number of aryl methyl sites for hydroxylation is 1. The minimum atomic E-state index is 0.204. The van der Waals surface area contributed by atoms with Crippen molar-refractivity contribution in [3.05, 3.63) is 23.8 Å². The highest BCUT2D eigenvalue weighted by molar-refractivity contribution is 7.80. The third-order valence-electron chi connectivity index (χ3n) is 2.18. The van der Waals surface area contributed by atoms with Crippen molar-refractivity contribution in [1.29, 1.82) is 0 Å². The number of hydrogen-bond acceptors (Lipinski definition) is 4. The summed E-state index contributed by atoms with van der Waals surface area (Å²) in [6.07, 6.45) is 0.975. The molecule has 16 heavy (non-hydrogen) atoms. The van der Waals surface area contributed by atoms with Gasteiger partial charge in [0.15, 0.2) is 5.11 Å². The Kier molecular flexibility index (Phi) is 3.21. The van der Waals surface area contributed by atoms with Gasteiger partial charge in [0, 0.05) is 0 Å². The molecule has 6 heteroatoms. The molecule has 0 aliphatic heterocycles. The highest BCUT2D eigenvalue weighted by Crippen LogP contribution is 2.27. The summed E-state index contributed by atoms with van der Waals surface area (Å²) in [7, 11) is 0. The molecule has 4 N–H and O–H groups in total. The van der Waals surface area contributed by atoms with E-state index < -0.39 is 0 Å². The van der Waals surface area contributed by atoms with Crippen molar-refractivity contribution in [3.8, 4) is 0 Å². The normalized spacial score (nSPS) is 10.3. The zero-order chi connectivity index (χ0) is 11.5. The summed E-state index contributed by atoms with van der Waals surface area (Å²) in [4.78, 5) is 4.49. The molecule has 84 valence electrons. The van der Waals surface area contributed by atoms with Crippen molar-refractivity contribution in [2.45, 2.75) is 13.3 Å².